The van der Waals surface area contributed by atoms with Crippen molar-refractivity contribution in [1.82, 2.24) is 9.78 Å². The lowest BCUT2D eigenvalue weighted by molar-refractivity contribution is -0.142. The fraction of sp³-hybridized carbons (Fsp3) is 0.636. The van der Waals surface area contributed by atoms with Crippen LogP contribution in [0.15, 0.2) is 0 Å². The van der Waals surface area contributed by atoms with E-state index in [1.165, 1.54) is 0 Å². The van der Waals surface area contributed by atoms with Crippen molar-refractivity contribution in [2.45, 2.75) is 40.7 Å². The largest absolute Gasteiger partial charge is 0.480 e. The molecule has 1 unspecified atom stereocenters. The number of carboxylic acid groups (broad SMARTS) is 1. The maximum absolute atomic E-state index is 11.2. The molecule has 84 valence electrons. The van der Waals surface area contributed by atoms with Gasteiger partial charge in [0.05, 0.1) is 5.69 Å². The number of hydrogen-bond donors (Lipinski definition) is 1. The molecule has 15 heavy (non-hydrogen) atoms. The highest BCUT2D eigenvalue weighted by molar-refractivity contribution is 5.72. The smallest absolute Gasteiger partial charge is 0.328 e. The molecule has 0 aliphatic heterocycles. The second kappa shape index (κ2) is 4.04. The Morgan fingerprint density at radius 3 is 2.13 bits per heavy atom. The molecule has 0 radical (unpaired) electrons. The van der Waals surface area contributed by atoms with Gasteiger partial charge < -0.3 is 5.11 Å². The lowest BCUT2D eigenvalue weighted by Crippen LogP contribution is -2.26. The molecule has 1 aromatic rings. The van der Waals surface area contributed by atoms with E-state index in [2.05, 4.69) is 5.10 Å². The molecule has 1 atom stereocenters. The van der Waals surface area contributed by atoms with E-state index in [1.54, 1.807) is 4.68 Å². The predicted molar refractivity (Wildman–Crippen MR) is 57.9 cm³/mol. The maximum atomic E-state index is 11.2. The van der Waals surface area contributed by atoms with Crippen molar-refractivity contribution in [3.8, 4) is 0 Å². The van der Waals surface area contributed by atoms with Crippen molar-refractivity contribution in [3.63, 3.8) is 0 Å². The Morgan fingerprint density at radius 1 is 1.33 bits per heavy atom. The van der Waals surface area contributed by atoms with E-state index in [9.17, 15) is 4.79 Å². The fourth-order valence-electron chi connectivity index (χ4n) is 1.69. The highest BCUT2D eigenvalue weighted by Crippen LogP contribution is 2.22. The van der Waals surface area contributed by atoms with Crippen LogP contribution in [0.2, 0.25) is 0 Å². The van der Waals surface area contributed by atoms with E-state index in [4.69, 9.17) is 5.11 Å². The molecule has 4 heteroatoms. The Hall–Kier alpha value is -1.32. The van der Waals surface area contributed by atoms with Crippen molar-refractivity contribution >= 4 is 5.97 Å². The molecular weight excluding hydrogens is 192 g/mol. The van der Waals surface area contributed by atoms with Crippen LogP contribution in [0.5, 0.6) is 0 Å². The molecule has 0 saturated heterocycles. The number of nitrogens with zero attached hydrogens (tertiary/aromatic N) is 2. The lowest BCUT2D eigenvalue weighted by atomic mass is 10.0. The highest BCUT2D eigenvalue weighted by atomic mass is 16.4. The van der Waals surface area contributed by atoms with Crippen LogP contribution in [0.1, 0.15) is 36.8 Å². The number of aliphatic carboxylic acids is 1. The molecule has 0 fully saturated rings. The van der Waals surface area contributed by atoms with Crippen LogP contribution in [0.3, 0.4) is 0 Å². The van der Waals surface area contributed by atoms with Gasteiger partial charge in [-0.2, -0.15) is 5.10 Å². The van der Waals surface area contributed by atoms with Gasteiger partial charge in [-0.05, 0) is 32.3 Å². The minimum absolute atomic E-state index is 0.0277. The second-order valence-electron chi connectivity index (χ2n) is 4.27. The van der Waals surface area contributed by atoms with Gasteiger partial charge in [-0.1, -0.05) is 13.8 Å². The number of hydrogen-bond acceptors (Lipinski definition) is 2. The first-order chi connectivity index (χ1) is 6.86. The van der Waals surface area contributed by atoms with E-state index < -0.39 is 12.0 Å². The lowest BCUT2D eigenvalue weighted by Gasteiger charge is -2.18. The Balaban J connectivity index is 3.23. The highest BCUT2D eigenvalue weighted by Gasteiger charge is 2.26. The zero-order chi connectivity index (χ0) is 11.7. The van der Waals surface area contributed by atoms with E-state index in [-0.39, 0.29) is 5.92 Å². The number of carbonyl (C=O) groups is 1. The van der Waals surface area contributed by atoms with Crippen molar-refractivity contribution in [2.24, 2.45) is 5.92 Å². The summed E-state index contributed by atoms with van der Waals surface area (Å²) in [4.78, 5) is 11.2. The SMILES string of the molecule is Cc1nn(C(C(=O)O)C(C)C)c(C)c1C. The minimum Gasteiger partial charge on any atom is -0.480 e. The first-order valence-corrected chi connectivity index (χ1v) is 5.11. The van der Waals surface area contributed by atoms with Crippen molar-refractivity contribution in [1.29, 1.82) is 0 Å². The number of aryl methyl sites for hydroxylation is 1. The Morgan fingerprint density at radius 2 is 1.87 bits per heavy atom. The van der Waals surface area contributed by atoms with Gasteiger partial charge in [0, 0.05) is 5.69 Å². The summed E-state index contributed by atoms with van der Waals surface area (Å²) in [5, 5.41) is 13.4. The molecule has 1 aromatic heterocycles. The summed E-state index contributed by atoms with van der Waals surface area (Å²) in [7, 11) is 0. The molecule has 0 aliphatic carbocycles. The summed E-state index contributed by atoms with van der Waals surface area (Å²) in [6.07, 6.45) is 0. The zero-order valence-electron chi connectivity index (χ0n) is 9.90. The quantitative estimate of drug-likeness (QED) is 0.831. The molecule has 4 nitrogen and oxygen atoms in total. The van der Waals surface area contributed by atoms with E-state index in [0.717, 1.165) is 17.0 Å². The molecule has 0 bridgehead atoms. The Bertz CT molecular complexity index is 380. The van der Waals surface area contributed by atoms with Crippen LogP contribution in [0.4, 0.5) is 0 Å². The zero-order valence-corrected chi connectivity index (χ0v) is 9.90. The van der Waals surface area contributed by atoms with Gasteiger partial charge in [0.25, 0.3) is 0 Å². The molecule has 1 rings (SSSR count). The fourth-order valence-corrected chi connectivity index (χ4v) is 1.69. The summed E-state index contributed by atoms with van der Waals surface area (Å²) in [5.74, 6) is -0.796. The van der Waals surface area contributed by atoms with Crippen LogP contribution in [0.25, 0.3) is 0 Å². The average molecular weight is 210 g/mol. The molecular formula is C11H18N2O2. The monoisotopic (exact) mass is 210 g/mol. The van der Waals surface area contributed by atoms with Crippen LogP contribution >= 0.6 is 0 Å². The molecule has 0 aromatic carbocycles. The maximum Gasteiger partial charge on any atom is 0.328 e. The van der Waals surface area contributed by atoms with Gasteiger partial charge in [-0.15, -0.1) is 0 Å². The average Bonchev–Trinajstić information content (AvgIpc) is 2.33. The second-order valence-corrected chi connectivity index (χ2v) is 4.27. The van der Waals surface area contributed by atoms with Crippen LogP contribution in [-0.4, -0.2) is 20.9 Å². The van der Waals surface area contributed by atoms with Crippen LogP contribution in [0, 0.1) is 26.7 Å². The van der Waals surface area contributed by atoms with Crippen molar-refractivity contribution in [2.75, 3.05) is 0 Å². The molecule has 1 heterocycles. The third-order valence-electron chi connectivity index (χ3n) is 2.83. The van der Waals surface area contributed by atoms with Crippen molar-refractivity contribution < 1.29 is 9.90 Å². The van der Waals surface area contributed by atoms with E-state index in [1.807, 2.05) is 34.6 Å². The minimum atomic E-state index is -0.824. The summed E-state index contributed by atoms with van der Waals surface area (Å²) in [6.45, 7) is 9.56. The predicted octanol–water partition coefficient (Wildman–Crippen LogP) is 2.09. The molecule has 0 aliphatic rings. The third-order valence-corrected chi connectivity index (χ3v) is 2.83. The summed E-state index contributed by atoms with van der Waals surface area (Å²) in [5.41, 5.74) is 2.91. The summed E-state index contributed by atoms with van der Waals surface area (Å²) in [6, 6.07) is -0.572. The first kappa shape index (κ1) is 11.8. The van der Waals surface area contributed by atoms with E-state index in [0.29, 0.717) is 0 Å². The third kappa shape index (κ3) is 2.03. The normalized spacial score (nSPS) is 13.2. The Labute approximate surface area is 89.9 Å². The van der Waals surface area contributed by atoms with Gasteiger partial charge in [-0.3, -0.25) is 4.68 Å². The topological polar surface area (TPSA) is 55.1 Å². The van der Waals surface area contributed by atoms with Gasteiger partial charge in [-0.25, -0.2) is 4.79 Å². The molecule has 0 amide bonds. The standard InChI is InChI=1S/C11H18N2O2/c1-6(2)10(11(14)15)13-9(5)7(3)8(4)12-13/h6,10H,1-5H3,(H,14,15). The van der Waals surface area contributed by atoms with Gasteiger partial charge >= 0.3 is 5.97 Å². The first-order valence-electron chi connectivity index (χ1n) is 5.11. The summed E-state index contributed by atoms with van der Waals surface area (Å²) >= 11 is 0. The number of rotatable bonds is 3. The van der Waals surface area contributed by atoms with Crippen LogP contribution in [-0.2, 0) is 4.79 Å². The number of aromatic nitrogens is 2. The van der Waals surface area contributed by atoms with Gasteiger partial charge in [0.1, 0.15) is 0 Å². The van der Waals surface area contributed by atoms with E-state index >= 15 is 0 Å². The van der Waals surface area contributed by atoms with Crippen molar-refractivity contribution in [3.05, 3.63) is 17.0 Å². The summed E-state index contributed by atoms with van der Waals surface area (Å²) < 4.78 is 1.62. The molecule has 0 spiro atoms. The molecule has 0 saturated carbocycles. The van der Waals surface area contributed by atoms with Crippen LogP contribution < -0.4 is 0 Å². The van der Waals surface area contributed by atoms with Gasteiger partial charge in [0.15, 0.2) is 6.04 Å². The Kier molecular flexibility index (Phi) is 3.17. The molecule has 1 N–H and O–H groups in total. The van der Waals surface area contributed by atoms with Gasteiger partial charge in [0.2, 0.25) is 0 Å². The number of carboxylic acids is 1.